The van der Waals surface area contributed by atoms with Gasteiger partial charge >= 0.3 is 6.18 Å². The SMILES string of the molecule is Fc1cc(C(F)(F)F)ccc1NCCc1cccs1. The van der Waals surface area contributed by atoms with E-state index in [-0.39, 0.29) is 5.69 Å². The van der Waals surface area contributed by atoms with Crippen molar-refractivity contribution in [2.24, 2.45) is 0 Å². The molecule has 0 aliphatic carbocycles. The Kier molecular flexibility index (Phi) is 4.09. The summed E-state index contributed by atoms with van der Waals surface area (Å²) in [6.07, 6.45) is -3.81. The standard InChI is InChI=1S/C13H11F4NS/c14-11-8-9(13(15,16)17)3-4-12(11)18-6-5-10-2-1-7-19-10/h1-4,7-8,18H,5-6H2. The molecular weight excluding hydrogens is 278 g/mol. The van der Waals surface area contributed by atoms with E-state index in [1.165, 1.54) is 0 Å². The molecule has 0 aliphatic heterocycles. The Morgan fingerprint density at radius 3 is 2.53 bits per heavy atom. The van der Waals surface area contributed by atoms with Gasteiger partial charge in [0.2, 0.25) is 0 Å². The van der Waals surface area contributed by atoms with Crippen molar-refractivity contribution in [1.82, 2.24) is 0 Å². The van der Waals surface area contributed by atoms with E-state index in [9.17, 15) is 17.6 Å². The maximum Gasteiger partial charge on any atom is 0.416 e. The largest absolute Gasteiger partial charge is 0.416 e. The summed E-state index contributed by atoms with van der Waals surface area (Å²) in [6, 6.07) is 6.37. The molecule has 102 valence electrons. The number of halogens is 4. The van der Waals surface area contributed by atoms with Gasteiger partial charge in [0, 0.05) is 11.4 Å². The molecule has 1 aromatic heterocycles. The maximum atomic E-state index is 13.5. The Morgan fingerprint density at radius 2 is 1.95 bits per heavy atom. The van der Waals surface area contributed by atoms with Crippen LogP contribution in [-0.2, 0) is 12.6 Å². The zero-order chi connectivity index (χ0) is 13.9. The molecule has 19 heavy (non-hydrogen) atoms. The second-order valence-corrected chi connectivity index (χ2v) is 4.98. The summed E-state index contributed by atoms with van der Waals surface area (Å²) in [7, 11) is 0. The highest BCUT2D eigenvalue weighted by Crippen LogP contribution is 2.31. The molecule has 0 radical (unpaired) electrons. The van der Waals surface area contributed by atoms with Crippen LogP contribution in [0.4, 0.5) is 23.2 Å². The van der Waals surface area contributed by atoms with E-state index in [1.807, 2.05) is 17.5 Å². The van der Waals surface area contributed by atoms with Crippen LogP contribution in [0.3, 0.4) is 0 Å². The fraction of sp³-hybridized carbons (Fsp3) is 0.231. The lowest BCUT2D eigenvalue weighted by Gasteiger charge is -2.10. The third-order valence-electron chi connectivity index (χ3n) is 2.56. The van der Waals surface area contributed by atoms with E-state index < -0.39 is 17.6 Å². The van der Waals surface area contributed by atoms with E-state index in [0.717, 1.165) is 17.0 Å². The minimum atomic E-state index is -4.52. The van der Waals surface area contributed by atoms with Gasteiger partial charge < -0.3 is 5.32 Å². The van der Waals surface area contributed by atoms with Crippen molar-refractivity contribution < 1.29 is 17.6 Å². The van der Waals surface area contributed by atoms with Crippen molar-refractivity contribution in [3.05, 3.63) is 52.0 Å². The number of thiophene rings is 1. The fourth-order valence-corrected chi connectivity index (χ4v) is 2.32. The average Bonchev–Trinajstić information content (AvgIpc) is 2.83. The Balaban J connectivity index is 1.97. The first-order valence-corrected chi connectivity index (χ1v) is 6.48. The molecule has 0 saturated heterocycles. The van der Waals surface area contributed by atoms with Crippen LogP contribution in [0.1, 0.15) is 10.4 Å². The van der Waals surface area contributed by atoms with Crippen LogP contribution < -0.4 is 5.32 Å². The molecule has 1 heterocycles. The van der Waals surface area contributed by atoms with Crippen LogP contribution in [-0.4, -0.2) is 6.54 Å². The normalized spacial score (nSPS) is 11.6. The van der Waals surface area contributed by atoms with Crippen molar-refractivity contribution in [2.45, 2.75) is 12.6 Å². The van der Waals surface area contributed by atoms with Gasteiger partial charge in [-0.1, -0.05) is 6.07 Å². The van der Waals surface area contributed by atoms with E-state index in [2.05, 4.69) is 5.32 Å². The van der Waals surface area contributed by atoms with Crippen molar-refractivity contribution in [3.8, 4) is 0 Å². The lowest BCUT2D eigenvalue weighted by molar-refractivity contribution is -0.137. The molecule has 1 N–H and O–H groups in total. The number of nitrogens with one attached hydrogen (secondary N) is 1. The van der Waals surface area contributed by atoms with E-state index in [1.54, 1.807) is 11.3 Å². The lowest BCUT2D eigenvalue weighted by atomic mass is 10.2. The van der Waals surface area contributed by atoms with E-state index in [0.29, 0.717) is 19.0 Å². The Bertz CT molecular complexity index is 534. The monoisotopic (exact) mass is 289 g/mol. The predicted octanol–water partition coefficient (Wildman–Crippen LogP) is 4.56. The van der Waals surface area contributed by atoms with Crippen molar-refractivity contribution >= 4 is 17.0 Å². The molecule has 0 fully saturated rings. The van der Waals surface area contributed by atoms with Gasteiger partial charge in [-0.05, 0) is 36.1 Å². The van der Waals surface area contributed by atoms with Gasteiger partial charge in [0.15, 0.2) is 0 Å². The Hall–Kier alpha value is -1.56. The van der Waals surface area contributed by atoms with Crippen LogP contribution in [0.25, 0.3) is 0 Å². The number of hydrogen-bond donors (Lipinski definition) is 1. The number of hydrogen-bond acceptors (Lipinski definition) is 2. The van der Waals surface area contributed by atoms with Crippen LogP contribution in [0.15, 0.2) is 35.7 Å². The first-order valence-electron chi connectivity index (χ1n) is 5.60. The molecule has 0 spiro atoms. The zero-order valence-corrected chi connectivity index (χ0v) is 10.6. The average molecular weight is 289 g/mol. The second kappa shape index (κ2) is 5.61. The molecule has 6 heteroatoms. The highest BCUT2D eigenvalue weighted by Gasteiger charge is 2.31. The summed E-state index contributed by atoms with van der Waals surface area (Å²) in [5.41, 5.74) is -0.890. The van der Waals surface area contributed by atoms with Crippen LogP contribution in [0.5, 0.6) is 0 Å². The van der Waals surface area contributed by atoms with Gasteiger partial charge in [-0.25, -0.2) is 4.39 Å². The van der Waals surface area contributed by atoms with Crippen LogP contribution in [0, 0.1) is 5.82 Å². The first kappa shape index (κ1) is 13.9. The minimum absolute atomic E-state index is 0.0876. The van der Waals surface area contributed by atoms with Crippen LogP contribution in [0.2, 0.25) is 0 Å². The predicted molar refractivity (Wildman–Crippen MR) is 67.9 cm³/mol. The second-order valence-electron chi connectivity index (χ2n) is 3.95. The van der Waals surface area contributed by atoms with Gasteiger partial charge in [-0.2, -0.15) is 13.2 Å². The van der Waals surface area contributed by atoms with E-state index >= 15 is 0 Å². The van der Waals surface area contributed by atoms with Crippen molar-refractivity contribution in [1.29, 1.82) is 0 Å². The van der Waals surface area contributed by atoms with Gasteiger partial charge in [0.1, 0.15) is 5.82 Å². The van der Waals surface area contributed by atoms with Gasteiger partial charge in [0.05, 0.1) is 11.3 Å². The Morgan fingerprint density at radius 1 is 1.16 bits per heavy atom. The third-order valence-corrected chi connectivity index (χ3v) is 3.50. The highest BCUT2D eigenvalue weighted by atomic mass is 32.1. The fourth-order valence-electron chi connectivity index (χ4n) is 1.61. The number of rotatable bonds is 4. The summed E-state index contributed by atoms with van der Waals surface area (Å²) < 4.78 is 50.5. The molecule has 2 rings (SSSR count). The molecule has 0 aliphatic rings. The minimum Gasteiger partial charge on any atom is -0.382 e. The van der Waals surface area contributed by atoms with Gasteiger partial charge in [-0.3, -0.25) is 0 Å². The summed E-state index contributed by atoms with van der Waals surface area (Å²) in [4.78, 5) is 1.14. The summed E-state index contributed by atoms with van der Waals surface area (Å²) in [6.45, 7) is 0.475. The zero-order valence-electron chi connectivity index (χ0n) is 9.80. The molecule has 0 atom stereocenters. The molecule has 2 aromatic rings. The topological polar surface area (TPSA) is 12.0 Å². The number of anilines is 1. The van der Waals surface area contributed by atoms with Crippen LogP contribution >= 0.6 is 11.3 Å². The van der Waals surface area contributed by atoms with Gasteiger partial charge in [0.25, 0.3) is 0 Å². The quantitative estimate of drug-likeness (QED) is 0.814. The molecule has 0 amide bonds. The molecule has 0 saturated carbocycles. The molecule has 0 unspecified atom stereocenters. The molecule has 0 bridgehead atoms. The molecule has 1 aromatic carbocycles. The summed E-state index contributed by atoms with van der Waals surface area (Å²) in [5, 5.41) is 4.73. The highest BCUT2D eigenvalue weighted by molar-refractivity contribution is 7.09. The maximum absolute atomic E-state index is 13.5. The van der Waals surface area contributed by atoms with Crippen molar-refractivity contribution in [3.63, 3.8) is 0 Å². The summed E-state index contributed by atoms with van der Waals surface area (Å²) in [5.74, 6) is -0.888. The van der Waals surface area contributed by atoms with E-state index in [4.69, 9.17) is 0 Å². The Labute approximate surface area is 111 Å². The van der Waals surface area contributed by atoms with Gasteiger partial charge in [-0.15, -0.1) is 11.3 Å². The number of alkyl halides is 3. The first-order chi connectivity index (χ1) is 8.97. The lowest BCUT2D eigenvalue weighted by Crippen LogP contribution is -2.09. The molecule has 1 nitrogen and oxygen atoms in total. The third kappa shape index (κ3) is 3.70. The van der Waals surface area contributed by atoms with Crippen molar-refractivity contribution in [2.75, 3.05) is 11.9 Å². The molecular formula is C13H11F4NS. The number of benzene rings is 1. The summed E-state index contributed by atoms with van der Waals surface area (Å²) >= 11 is 1.59. The smallest absolute Gasteiger partial charge is 0.382 e.